The van der Waals surface area contributed by atoms with Gasteiger partial charge in [0.05, 0.1) is 17.1 Å². The molecule has 0 bridgehead atoms. The maximum Gasteiger partial charge on any atom is 0.230 e. The number of hydrogen-bond acceptors (Lipinski definition) is 3. The molecule has 1 amide bonds. The van der Waals surface area contributed by atoms with Crippen molar-refractivity contribution in [2.75, 3.05) is 5.32 Å². The molecule has 0 aliphatic heterocycles. The SMILES string of the molecule is Cc1cc(C)cc(NC(=O)Cc2csc(-c3ccccc3Cl)n2)c1. The van der Waals surface area contributed by atoms with Crippen LogP contribution >= 0.6 is 22.9 Å². The van der Waals surface area contributed by atoms with E-state index in [4.69, 9.17) is 11.6 Å². The summed E-state index contributed by atoms with van der Waals surface area (Å²) < 4.78 is 0. The van der Waals surface area contributed by atoms with Gasteiger partial charge in [-0.1, -0.05) is 35.9 Å². The number of benzene rings is 2. The van der Waals surface area contributed by atoms with Crippen molar-refractivity contribution < 1.29 is 4.79 Å². The highest BCUT2D eigenvalue weighted by Crippen LogP contribution is 2.30. The van der Waals surface area contributed by atoms with E-state index in [1.54, 1.807) is 0 Å². The summed E-state index contributed by atoms with van der Waals surface area (Å²) in [5.41, 5.74) is 4.71. The monoisotopic (exact) mass is 356 g/mol. The Morgan fingerprint density at radius 1 is 1.17 bits per heavy atom. The second-order valence-corrected chi connectivity index (χ2v) is 6.99. The standard InChI is InChI=1S/C19H17ClN2OS/c1-12-7-13(2)9-14(8-12)21-18(23)10-15-11-24-19(22-15)16-5-3-4-6-17(16)20/h3-9,11H,10H2,1-2H3,(H,21,23). The number of amides is 1. The number of halogens is 1. The zero-order chi connectivity index (χ0) is 17.1. The number of aromatic nitrogens is 1. The van der Waals surface area contributed by atoms with Gasteiger partial charge in [-0.25, -0.2) is 4.98 Å². The first-order valence-corrected chi connectivity index (χ1v) is 8.84. The highest BCUT2D eigenvalue weighted by atomic mass is 35.5. The molecule has 1 N–H and O–H groups in total. The van der Waals surface area contributed by atoms with E-state index in [0.29, 0.717) is 5.02 Å². The highest BCUT2D eigenvalue weighted by Gasteiger charge is 2.11. The second kappa shape index (κ2) is 7.16. The lowest BCUT2D eigenvalue weighted by atomic mass is 10.1. The average Bonchev–Trinajstić information content (AvgIpc) is 2.94. The number of thiazole rings is 1. The number of nitrogens with zero attached hydrogens (tertiary/aromatic N) is 1. The minimum atomic E-state index is -0.0731. The molecule has 0 atom stereocenters. The Hall–Kier alpha value is -2.17. The van der Waals surface area contributed by atoms with E-state index in [2.05, 4.69) is 16.4 Å². The van der Waals surface area contributed by atoms with Gasteiger partial charge in [0.15, 0.2) is 0 Å². The molecular weight excluding hydrogens is 340 g/mol. The third-order valence-electron chi connectivity index (χ3n) is 3.50. The van der Waals surface area contributed by atoms with Gasteiger partial charge in [-0.2, -0.15) is 0 Å². The van der Waals surface area contributed by atoms with Crippen molar-refractivity contribution in [3.8, 4) is 10.6 Å². The van der Waals surface area contributed by atoms with Gasteiger partial charge in [0.1, 0.15) is 5.01 Å². The molecule has 3 rings (SSSR count). The van der Waals surface area contributed by atoms with E-state index in [1.165, 1.54) is 11.3 Å². The van der Waals surface area contributed by atoms with Crippen molar-refractivity contribution in [2.45, 2.75) is 20.3 Å². The van der Waals surface area contributed by atoms with Gasteiger partial charge in [-0.05, 0) is 43.2 Å². The molecule has 0 radical (unpaired) electrons. The minimum absolute atomic E-state index is 0.0731. The smallest absolute Gasteiger partial charge is 0.230 e. The summed E-state index contributed by atoms with van der Waals surface area (Å²) >= 11 is 7.69. The van der Waals surface area contributed by atoms with Crippen LogP contribution in [0, 0.1) is 13.8 Å². The number of aryl methyl sites for hydroxylation is 2. The van der Waals surface area contributed by atoms with E-state index < -0.39 is 0 Å². The Labute approximate surface area is 150 Å². The molecule has 5 heteroatoms. The van der Waals surface area contributed by atoms with Crippen LogP contribution in [-0.4, -0.2) is 10.9 Å². The molecule has 3 nitrogen and oxygen atoms in total. The van der Waals surface area contributed by atoms with Crippen LogP contribution in [0.1, 0.15) is 16.8 Å². The van der Waals surface area contributed by atoms with Gasteiger partial charge < -0.3 is 5.32 Å². The minimum Gasteiger partial charge on any atom is -0.326 e. The van der Waals surface area contributed by atoms with E-state index in [0.717, 1.165) is 33.1 Å². The number of anilines is 1. The van der Waals surface area contributed by atoms with E-state index in [-0.39, 0.29) is 12.3 Å². The Morgan fingerprint density at radius 3 is 2.58 bits per heavy atom. The van der Waals surface area contributed by atoms with Gasteiger partial charge in [-0.3, -0.25) is 4.79 Å². The summed E-state index contributed by atoms with van der Waals surface area (Å²) in [6.07, 6.45) is 0.244. The lowest BCUT2D eigenvalue weighted by Crippen LogP contribution is -2.14. The van der Waals surface area contributed by atoms with Gasteiger partial charge in [0.25, 0.3) is 0 Å². The Bertz CT molecular complexity index is 868. The molecule has 0 spiro atoms. The molecule has 1 aromatic heterocycles. The van der Waals surface area contributed by atoms with Crippen LogP contribution in [-0.2, 0) is 11.2 Å². The van der Waals surface area contributed by atoms with E-state index in [1.807, 2.05) is 55.6 Å². The molecule has 1 heterocycles. The largest absolute Gasteiger partial charge is 0.326 e. The van der Waals surface area contributed by atoms with Gasteiger partial charge >= 0.3 is 0 Å². The van der Waals surface area contributed by atoms with Crippen molar-refractivity contribution in [3.05, 3.63) is 69.7 Å². The summed E-state index contributed by atoms with van der Waals surface area (Å²) in [4.78, 5) is 16.8. The molecule has 2 aromatic carbocycles. The first kappa shape index (κ1) is 16.7. The number of carbonyl (C=O) groups is 1. The summed E-state index contributed by atoms with van der Waals surface area (Å²) in [6, 6.07) is 13.6. The quantitative estimate of drug-likeness (QED) is 0.692. The van der Waals surface area contributed by atoms with Crippen LogP contribution in [0.25, 0.3) is 10.6 Å². The number of nitrogens with one attached hydrogen (secondary N) is 1. The lowest BCUT2D eigenvalue weighted by Gasteiger charge is -2.06. The molecule has 0 aliphatic carbocycles. The number of rotatable bonds is 4. The van der Waals surface area contributed by atoms with Crippen molar-refractivity contribution in [1.29, 1.82) is 0 Å². The maximum atomic E-state index is 12.2. The highest BCUT2D eigenvalue weighted by molar-refractivity contribution is 7.13. The number of carbonyl (C=O) groups excluding carboxylic acids is 1. The molecule has 24 heavy (non-hydrogen) atoms. The Morgan fingerprint density at radius 2 is 1.88 bits per heavy atom. The topological polar surface area (TPSA) is 42.0 Å². The van der Waals surface area contributed by atoms with Crippen LogP contribution in [0.2, 0.25) is 5.02 Å². The molecule has 0 saturated carbocycles. The molecule has 122 valence electrons. The first-order chi connectivity index (χ1) is 11.5. The molecule has 0 aliphatic rings. The fourth-order valence-electron chi connectivity index (χ4n) is 2.56. The summed E-state index contributed by atoms with van der Waals surface area (Å²) in [7, 11) is 0. The van der Waals surface area contributed by atoms with Crippen LogP contribution in [0.5, 0.6) is 0 Å². The van der Waals surface area contributed by atoms with Crippen molar-refractivity contribution in [3.63, 3.8) is 0 Å². The third-order valence-corrected chi connectivity index (χ3v) is 4.76. The van der Waals surface area contributed by atoms with Gasteiger partial charge in [0.2, 0.25) is 5.91 Å². The van der Waals surface area contributed by atoms with E-state index in [9.17, 15) is 4.79 Å². The van der Waals surface area contributed by atoms with Crippen molar-refractivity contribution in [1.82, 2.24) is 4.98 Å². The molecule has 3 aromatic rings. The molecule has 0 saturated heterocycles. The van der Waals surface area contributed by atoms with Crippen LogP contribution < -0.4 is 5.32 Å². The van der Waals surface area contributed by atoms with Crippen molar-refractivity contribution in [2.24, 2.45) is 0 Å². The fraction of sp³-hybridized carbons (Fsp3) is 0.158. The summed E-state index contributed by atoms with van der Waals surface area (Å²) in [5.74, 6) is -0.0731. The molecular formula is C19H17ClN2OS. The normalized spacial score (nSPS) is 10.6. The molecule has 0 unspecified atom stereocenters. The predicted molar refractivity (Wildman–Crippen MR) is 101 cm³/mol. The zero-order valence-corrected chi connectivity index (χ0v) is 15.0. The fourth-order valence-corrected chi connectivity index (χ4v) is 3.70. The lowest BCUT2D eigenvalue weighted by molar-refractivity contribution is -0.115. The first-order valence-electron chi connectivity index (χ1n) is 7.59. The third kappa shape index (κ3) is 4.02. The van der Waals surface area contributed by atoms with Gasteiger partial charge in [-0.15, -0.1) is 11.3 Å². The van der Waals surface area contributed by atoms with Crippen LogP contribution in [0.15, 0.2) is 47.8 Å². The van der Waals surface area contributed by atoms with Crippen molar-refractivity contribution >= 4 is 34.5 Å². The van der Waals surface area contributed by atoms with Crippen LogP contribution in [0.3, 0.4) is 0 Å². The predicted octanol–water partition coefficient (Wildman–Crippen LogP) is 5.26. The Balaban J connectivity index is 1.70. The zero-order valence-electron chi connectivity index (χ0n) is 13.5. The van der Waals surface area contributed by atoms with Crippen LogP contribution in [0.4, 0.5) is 5.69 Å². The van der Waals surface area contributed by atoms with Gasteiger partial charge in [0, 0.05) is 16.6 Å². The Kier molecular flexibility index (Phi) is 4.97. The van der Waals surface area contributed by atoms with E-state index >= 15 is 0 Å². The summed E-state index contributed by atoms with van der Waals surface area (Å²) in [6.45, 7) is 4.03. The maximum absolute atomic E-state index is 12.2. The second-order valence-electron chi connectivity index (χ2n) is 5.73. The molecule has 0 fully saturated rings. The summed E-state index contributed by atoms with van der Waals surface area (Å²) in [5, 5.41) is 6.33. The number of hydrogen-bond donors (Lipinski definition) is 1. The average molecular weight is 357 g/mol.